The lowest BCUT2D eigenvalue weighted by molar-refractivity contribution is 0.254. The first-order chi connectivity index (χ1) is 6.66. The first-order valence-corrected chi connectivity index (χ1v) is 4.58. The van der Waals surface area contributed by atoms with Crippen LogP contribution in [0.15, 0.2) is 4.79 Å². The number of nitrogens with zero attached hydrogens (tertiary/aromatic N) is 2. The summed E-state index contributed by atoms with van der Waals surface area (Å²) in [6, 6.07) is 0. The van der Waals surface area contributed by atoms with Crippen molar-refractivity contribution in [2.45, 2.75) is 13.5 Å². The van der Waals surface area contributed by atoms with Crippen LogP contribution in [0, 0.1) is 6.92 Å². The summed E-state index contributed by atoms with van der Waals surface area (Å²) in [4.78, 5) is 20.5. The largest absolute Gasteiger partial charge is 0.476 e. The second-order valence-corrected chi connectivity index (χ2v) is 3.52. The zero-order valence-electron chi connectivity index (χ0n) is 8.33. The van der Waals surface area contributed by atoms with Gasteiger partial charge in [-0.3, -0.25) is 9.69 Å². The van der Waals surface area contributed by atoms with E-state index in [0.717, 1.165) is 6.54 Å². The fourth-order valence-corrected chi connectivity index (χ4v) is 1.49. The summed E-state index contributed by atoms with van der Waals surface area (Å²) in [5.74, 6) is 1.08. The number of aryl methyl sites for hydroxylation is 1. The Labute approximate surface area is 81.7 Å². The van der Waals surface area contributed by atoms with Gasteiger partial charge in [0.15, 0.2) is 0 Å². The smallest absolute Gasteiger partial charge is 0.259 e. The molecule has 5 heteroatoms. The number of H-pyrrole nitrogens is 1. The van der Waals surface area contributed by atoms with Crippen molar-refractivity contribution in [3.05, 3.63) is 21.7 Å². The van der Waals surface area contributed by atoms with E-state index >= 15 is 0 Å². The predicted molar refractivity (Wildman–Crippen MR) is 51.4 cm³/mol. The maximum Gasteiger partial charge on any atom is 0.259 e. The van der Waals surface area contributed by atoms with E-state index in [0.29, 0.717) is 30.4 Å². The van der Waals surface area contributed by atoms with Crippen molar-refractivity contribution in [2.24, 2.45) is 0 Å². The highest BCUT2D eigenvalue weighted by Crippen LogP contribution is 2.15. The summed E-state index contributed by atoms with van der Waals surface area (Å²) >= 11 is 0. The van der Waals surface area contributed by atoms with Crippen molar-refractivity contribution in [1.29, 1.82) is 0 Å². The number of rotatable bonds is 0. The third-order valence-electron chi connectivity index (χ3n) is 2.24. The number of nitrogens with one attached hydrogen (secondary N) is 1. The first-order valence-electron chi connectivity index (χ1n) is 4.58. The maximum atomic E-state index is 11.6. The molecule has 0 spiro atoms. The average molecular weight is 195 g/mol. The SMILES string of the molecule is Cc1nc2c(c(=O)[nH]1)CN(C)CCO2. The van der Waals surface area contributed by atoms with Crippen LogP contribution in [-0.4, -0.2) is 35.1 Å². The average Bonchev–Trinajstić information content (AvgIpc) is 2.27. The van der Waals surface area contributed by atoms with Gasteiger partial charge in [-0.2, -0.15) is 0 Å². The van der Waals surface area contributed by atoms with Gasteiger partial charge >= 0.3 is 0 Å². The Morgan fingerprint density at radius 3 is 3.14 bits per heavy atom. The second-order valence-electron chi connectivity index (χ2n) is 3.52. The van der Waals surface area contributed by atoms with Gasteiger partial charge in [0, 0.05) is 13.1 Å². The number of aromatic nitrogens is 2. The zero-order valence-corrected chi connectivity index (χ0v) is 8.33. The van der Waals surface area contributed by atoms with Crippen LogP contribution in [0.4, 0.5) is 0 Å². The van der Waals surface area contributed by atoms with Crippen LogP contribution in [-0.2, 0) is 6.54 Å². The molecule has 0 saturated heterocycles. The highest BCUT2D eigenvalue weighted by molar-refractivity contribution is 5.24. The van der Waals surface area contributed by atoms with Crippen molar-refractivity contribution in [3.8, 4) is 5.88 Å². The lowest BCUT2D eigenvalue weighted by Crippen LogP contribution is -2.23. The number of hydrogen-bond donors (Lipinski definition) is 1. The number of hydrogen-bond acceptors (Lipinski definition) is 4. The number of ether oxygens (including phenoxy) is 1. The Kier molecular flexibility index (Phi) is 2.25. The van der Waals surface area contributed by atoms with Crippen LogP contribution >= 0.6 is 0 Å². The third kappa shape index (κ3) is 1.63. The molecule has 2 rings (SSSR count). The molecule has 2 heterocycles. The normalized spacial score (nSPS) is 17.0. The van der Waals surface area contributed by atoms with E-state index in [1.807, 2.05) is 11.9 Å². The Balaban J connectivity index is 2.50. The molecule has 0 saturated carbocycles. The number of likely N-dealkylation sites (N-methyl/N-ethyl adjacent to an activating group) is 1. The Bertz CT molecular complexity index is 400. The maximum absolute atomic E-state index is 11.6. The molecule has 1 N–H and O–H groups in total. The summed E-state index contributed by atoms with van der Waals surface area (Å²) in [5.41, 5.74) is 0.525. The van der Waals surface area contributed by atoms with E-state index in [1.54, 1.807) is 6.92 Å². The molecule has 1 aromatic rings. The van der Waals surface area contributed by atoms with Gasteiger partial charge in [0.05, 0.1) is 5.56 Å². The molecule has 0 atom stereocenters. The van der Waals surface area contributed by atoms with E-state index in [-0.39, 0.29) is 5.56 Å². The predicted octanol–water partition coefficient (Wildman–Crippen LogP) is -0.0975. The van der Waals surface area contributed by atoms with Gasteiger partial charge in [-0.1, -0.05) is 0 Å². The molecule has 0 unspecified atom stereocenters. The molecule has 0 aliphatic carbocycles. The van der Waals surface area contributed by atoms with E-state index < -0.39 is 0 Å². The van der Waals surface area contributed by atoms with Crippen LogP contribution in [0.5, 0.6) is 5.88 Å². The van der Waals surface area contributed by atoms with Crippen molar-refractivity contribution >= 4 is 0 Å². The van der Waals surface area contributed by atoms with Gasteiger partial charge in [-0.05, 0) is 14.0 Å². The van der Waals surface area contributed by atoms with E-state index in [9.17, 15) is 4.79 Å². The number of fused-ring (bicyclic) bond motifs is 1. The fraction of sp³-hybridized carbons (Fsp3) is 0.556. The second kappa shape index (κ2) is 3.42. The van der Waals surface area contributed by atoms with E-state index in [2.05, 4.69) is 9.97 Å². The van der Waals surface area contributed by atoms with Gasteiger partial charge in [0.25, 0.3) is 5.56 Å². The van der Waals surface area contributed by atoms with Crippen LogP contribution < -0.4 is 10.3 Å². The Morgan fingerprint density at radius 1 is 1.57 bits per heavy atom. The first kappa shape index (κ1) is 9.21. The van der Waals surface area contributed by atoms with Gasteiger partial charge < -0.3 is 9.72 Å². The quantitative estimate of drug-likeness (QED) is 0.628. The lowest BCUT2D eigenvalue weighted by Gasteiger charge is -2.10. The van der Waals surface area contributed by atoms with Crippen LogP contribution in [0.2, 0.25) is 0 Å². The summed E-state index contributed by atoms with van der Waals surface area (Å²) in [6.07, 6.45) is 0. The van der Waals surface area contributed by atoms with Crippen LogP contribution in [0.3, 0.4) is 0 Å². The van der Waals surface area contributed by atoms with Crippen molar-refractivity contribution in [1.82, 2.24) is 14.9 Å². The molecule has 0 radical (unpaired) electrons. The summed E-state index contributed by atoms with van der Waals surface area (Å²) < 4.78 is 5.41. The highest BCUT2D eigenvalue weighted by Gasteiger charge is 2.17. The van der Waals surface area contributed by atoms with E-state index in [1.165, 1.54) is 0 Å². The Morgan fingerprint density at radius 2 is 2.36 bits per heavy atom. The van der Waals surface area contributed by atoms with Gasteiger partial charge in [-0.25, -0.2) is 4.98 Å². The molecule has 1 aliphatic heterocycles. The summed E-state index contributed by atoms with van der Waals surface area (Å²) in [7, 11) is 1.96. The monoisotopic (exact) mass is 195 g/mol. The zero-order chi connectivity index (χ0) is 10.1. The standard InChI is InChI=1S/C9H13N3O2/c1-6-10-8(13)7-5-12(2)3-4-14-9(7)11-6/h3-5H2,1-2H3,(H,10,11,13). The molecule has 14 heavy (non-hydrogen) atoms. The minimum Gasteiger partial charge on any atom is -0.476 e. The molecule has 0 amide bonds. The molecule has 1 aliphatic rings. The molecule has 0 fully saturated rings. The van der Waals surface area contributed by atoms with Crippen molar-refractivity contribution in [2.75, 3.05) is 20.2 Å². The van der Waals surface area contributed by atoms with Crippen LogP contribution in [0.25, 0.3) is 0 Å². The van der Waals surface area contributed by atoms with Gasteiger partial charge in [0.2, 0.25) is 5.88 Å². The molecule has 5 nitrogen and oxygen atoms in total. The van der Waals surface area contributed by atoms with Crippen molar-refractivity contribution < 1.29 is 4.74 Å². The number of aromatic amines is 1. The third-order valence-corrected chi connectivity index (χ3v) is 2.24. The molecule has 0 aromatic carbocycles. The van der Waals surface area contributed by atoms with Gasteiger partial charge in [0.1, 0.15) is 12.4 Å². The van der Waals surface area contributed by atoms with Gasteiger partial charge in [-0.15, -0.1) is 0 Å². The fourth-order valence-electron chi connectivity index (χ4n) is 1.49. The van der Waals surface area contributed by atoms with E-state index in [4.69, 9.17) is 4.74 Å². The lowest BCUT2D eigenvalue weighted by atomic mass is 10.3. The van der Waals surface area contributed by atoms with Crippen molar-refractivity contribution in [3.63, 3.8) is 0 Å². The molecule has 0 bridgehead atoms. The molecule has 1 aromatic heterocycles. The summed E-state index contributed by atoms with van der Waals surface area (Å²) in [6.45, 7) is 3.74. The minimum atomic E-state index is -0.0961. The Hall–Kier alpha value is -1.36. The molecular weight excluding hydrogens is 182 g/mol. The molecular formula is C9H13N3O2. The topological polar surface area (TPSA) is 58.2 Å². The summed E-state index contributed by atoms with van der Waals surface area (Å²) in [5, 5.41) is 0. The van der Waals surface area contributed by atoms with Crippen LogP contribution in [0.1, 0.15) is 11.4 Å². The molecule has 76 valence electrons. The minimum absolute atomic E-state index is 0.0961. The highest BCUT2D eigenvalue weighted by atomic mass is 16.5.